The van der Waals surface area contributed by atoms with Gasteiger partial charge in [0, 0.05) is 11.8 Å². The summed E-state index contributed by atoms with van der Waals surface area (Å²) in [4.78, 5) is 32.8. The molecule has 0 unspecified atom stereocenters. The van der Waals surface area contributed by atoms with E-state index < -0.39 is 30.4 Å². The Morgan fingerprint density at radius 3 is 2.57 bits per heavy atom. The van der Waals surface area contributed by atoms with Crippen molar-refractivity contribution in [2.24, 2.45) is 0 Å². The maximum absolute atomic E-state index is 12.1. The Labute approximate surface area is 113 Å². The van der Waals surface area contributed by atoms with Gasteiger partial charge in [0.05, 0.1) is 5.52 Å². The number of halogens is 3. The van der Waals surface area contributed by atoms with Crippen molar-refractivity contribution in [1.82, 2.24) is 4.57 Å². The summed E-state index contributed by atoms with van der Waals surface area (Å²) in [5.41, 5.74) is -0.283. The Hall–Kier alpha value is -2.78. The number of rotatable bonds is 3. The van der Waals surface area contributed by atoms with Crippen LogP contribution in [0.25, 0.3) is 11.1 Å². The van der Waals surface area contributed by atoms with E-state index in [1.165, 1.54) is 6.07 Å². The highest BCUT2D eigenvalue weighted by Gasteiger charge is 2.38. The minimum Gasteiger partial charge on any atom is -0.480 e. The van der Waals surface area contributed by atoms with Gasteiger partial charge < -0.3 is 14.8 Å². The highest BCUT2D eigenvalue weighted by Crippen LogP contribution is 2.21. The summed E-state index contributed by atoms with van der Waals surface area (Å²) in [6.45, 7) is -0.653. The third kappa shape index (κ3) is 3.04. The average Bonchev–Trinajstić information content (AvgIpc) is 2.63. The number of aliphatic carboxylic acids is 1. The van der Waals surface area contributed by atoms with E-state index in [0.717, 1.165) is 16.7 Å². The number of amides is 1. The predicted octanol–water partition coefficient (Wildman–Crippen LogP) is 1.18. The van der Waals surface area contributed by atoms with Crippen LogP contribution >= 0.6 is 0 Å². The van der Waals surface area contributed by atoms with Gasteiger partial charge in [-0.25, -0.2) is 4.79 Å². The molecule has 0 spiro atoms. The molecule has 2 rings (SSSR count). The summed E-state index contributed by atoms with van der Waals surface area (Å²) in [5.74, 6) is -4.42. The zero-order valence-electron chi connectivity index (χ0n) is 10.1. The number of aromatic nitrogens is 1. The Balaban J connectivity index is 2.38. The van der Waals surface area contributed by atoms with Crippen molar-refractivity contribution >= 4 is 28.7 Å². The largest absolute Gasteiger partial charge is 0.480 e. The van der Waals surface area contributed by atoms with E-state index in [1.54, 1.807) is 5.32 Å². The van der Waals surface area contributed by atoms with Crippen LogP contribution in [0.3, 0.4) is 0 Å². The second-order valence-corrected chi connectivity index (χ2v) is 3.98. The van der Waals surface area contributed by atoms with Crippen LogP contribution in [0.5, 0.6) is 0 Å². The number of carbonyl (C=O) groups excluding carboxylic acids is 1. The fourth-order valence-corrected chi connectivity index (χ4v) is 1.63. The minimum atomic E-state index is -5.05. The molecule has 0 radical (unpaired) electrons. The predicted molar refractivity (Wildman–Crippen MR) is 62.8 cm³/mol. The monoisotopic (exact) mass is 304 g/mol. The number of carboxylic acids is 1. The van der Waals surface area contributed by atoms with Crippen molar-refractivity contribution in [3.05, 3.63) is 28.7 Å². The normalized spacial score (nSPS) is 11.6. The van der Waals surface area contributed by atoms with E-state index in [-0.39, 0.29) is 16.8 Å². The Bertz CT molecular complexity index is 774. The van der Waals surface area contributed by atoms with E-state index in [2.05, 4.69) is 0 Å². The fraction of sp³-hybridized carbons (Fsp3) is 0.182. The number of alkyl halides is 3. The van der Waals surface area contributed by atoms with Crippen LogP contribution in [0.2, 0.25) is 0 Å². The first-order valence-corrected chi connectivity index (χ1v) is 5.42. The summed E-state index contributed by atoms with van der Waals surface area (Å²) >= 11 is 0. The van der Waals surface area contributed by atoms with Gasteiger partial charge in [-0.2, -0.15) is 13.2 Å². The van der Waals surface area contributed by atoms with Gasteiger partial charge in [0.1, 0.15) is 6.54 Å². The SMILES string of the molecule is O=C(O)Cn1c(=O)oc2cc(NC(=O)C(F)(F)F)ccc21. The van der Waals surface area contributed by atoms with Gasteiger partial charge in [-0.15, -0.1) is 0 Å². The van der Waals surface area contributed by atoms with Crippen molar-refractivity contribution in [1.29, 1.82) is 0 Å². The van der Waals surface area contributed by atoms with Crippen LogP contribution in [0, 0.1) is 0 Å². The van der Waals surface area contributed by atoms with Gasteiger partial charge >= 0.3 is 23.8 Å². The number of hydrogen-bond acceptors (Lipinski definition) is 4. The van der Waals surface area contributed by atoms with Crippen molar-refractivity contribution < 1.29 is 32.3 Å². The lowest BCUT2D eigenvalue weighted by atomic mass is 10.2. The van der Waals surface area contributed by atoms with Crippen molar-refractivity contribution in [3.8, 4) is 0 Å². The number of anilines is 1. The lowest BCUT2D eigenvalue weighted by molar-refractivity contribution is -0.167. The molecule has 1 heterocycles. The molecule has 1 aromatic carbocycles. The second kappa shape index (κ2) is 4.96. The molecule has 0 saturated carbocycles. The first-order chi connectivity index (χ1) is 9.68. The number of nitrogens with one attached hydrogen (secondary N) is 1. The number of nitrogens with zero attached hydrogens (tertiary/aromatic N) is 1. The van der Waals surface area contributed by atoms with Crippen LogP contribution < -0.4 is 11.1 Å². The number of hydrogen-bond donors (Lipinski definition) is 2. The van der Waals surface area contributed by atoms with Gasteiger partial charge in [0.25, 0.3) is 0 Å². The molecule has 1 amide bonds. The van der Waals surface area contributed by atoms with E-state index in [9.17, 15) is 27.6 Å². The Morgan fingerprint density at radius 1 is 1.33 bits per heavy atom. The zero-order chi connectivity index (χ0) is 15.8. The molecule has 1 aromatic heterocycles. The lowest BCUT2D eigenvalue weighted by Gasteiger charge is -2.07. The first-order valence-electron chi connectivity index (χ1n) is 5.42. The molecule has 0 atom stereocenters. The smallest absolute Gasteiger partial charge is 0.471 e. The highest BCUT2D eigenvalue weighted by molar-refractivity contribution is 5.96. The molecule has 0 aliphatic rings. The first kappa shape index (κ1) is 14.6. The number of benzene rings is 1. The maximum atomic E-state index is 12.1. The van der Waals surface area contributed by atoms with Gasteiger partial charge in [-0.1, -0.05) is 0 Å². The summed E-state index contributed by atoms with van der Waals surface area (Å²) < 4.78 is 41.8. The third-order valence-electron chi connectivity index (χ3n) is 2.48. The van der Waals surface area contributed by atoms with E-state index in [4.69, 9.17) is 9.52 Å². The van der Waals surface area contributed by atoms with Crippen molar-refractivity contribution in [2.45, 2.75) is 12.7 Å². The molecule has 2 N–H and O–H groups in total. The number of oxazole rings is 1. The van der Waals surface area contributed by atoms with E-state index in [1.807, 2.05) is 0 Å². The fourth-order valence-electron chi connectivity index (χ4n) is 1.63. The van der Waals surface area contributed by atoms with Gasteiger partial charge in [-0.3, -0.25) is 14.2 Å². The second-order valence-electron chi connectivity index (χ2n) is 3.98. The van der Waals surface area contributed by atoms with Crippen LogP contribution in [0.1, 0.15) is 0 Å². The summed E-state index contributed by atoms with van der Waals surface area (Å²) in [6.07, 6.45) is -5.05. The molecule has 0 saturated heterocycles. The standard InChI is InChI=1S/C11H7F3N2O5/c12-11(13,14)9(19)15-5-1-2-6-7(3-5)21-10(20)16(6)4-8(17)18/h1-3H,4H2,(H,15,19)(H,17,18). The molecule has 2 aromatic rings. The number of fused-ring (bicyclic) bond motifs is 1. The van der Waals surface area contributed by atoms with Crippen molar-refractivity contribution in [2.75, 3.05) is 5.32 Å². The van der Waals surface area contributed by atoms with Gasteiger partial charge in [-0.05, 0) is 12.1 Å². The molecule has 112 valence electrons. The molecule has 0 fully saturated rings. The molecule has 0 aliphatic carbocycles. The molecular formula is C11H7F3N2O5. The minimum absolute atomic E-state index is 0.0902. The van der Waals surface area contributed by atoms with Crippen LogP contribution in [0.4, 0.5) is 18.9 Å². The zero-order valence-corrected chi connectivity index (χ0v) is 10.1. The van der Waals surface area contributed by atoms with Crippen molar-refractivity contribution in [3.63, 3.8) is 0 Å². The maximum Gasteiger partial charge on any atom is 0.471 e. The van der Waals surface area contributed by atoms with Crippen LogP contribution in [-0.4, -0.2) is 27.7 Å². The van der Waals surface area contributed by atoms with Crippen LogP contribution in [-0.2, 0) is 16.1 Å². The molecular weight excluding hydrogens is 297 g/mol. The molecule has 10 heteroatoms. The van der Waals surface area contributed by atoms with Gasteiger partial charge in [0.15, 0.2) is 5.58 Å². The quantitative estimate of drug-likeness (QED) is 0.886. The lowest BCUT2D eigenvalue weighted by Crippen LogP contribution is -2.29. The molecule has 0 aliphatic heterocycles. The third-order valence-corrected chi connectivity index (χ3v) is 2.48. The molecule has 7 nitrogen and oxygen atoms in total. The molecule has 21 heavy (non-hydrogen) atoms. The van der Waals surface area contributed by atoms with E-state index in [0.29, 0.717) is 0 Å². The summed E-state index contributed by atoms with van der Waals surface area (Å²) in [6, 6.07) is 3.27. The Morgan fingerprint density at radius 2 is 2.00 bits per heavy atom. The number of carboxylic acid groups (broad SMARTS) is 1. The average molecular weight is 304 g/mol. The summed E-state index contributed by atoms with van der Waals surface area (Å²) in [7, 11) is 0. The van der Waals surface area contributed by atoms with Crippen LogP contribution in [0.15, 0.2) is 27.4 Å². The number of carbonyl (C=O) groups is 2. The van der Waals surface area contributed by atoms with E-state index >= 15 is 0 Å². The molecule has 0 bridgehead atoms. The summed E-state index contributed by atoms with van der Waals surface area (Å²) in [5, 5.41) is 10.2. The topological polar surface area (TPSA) is 102 Å². The van der Waals surface area contributed by atoms with Gasteiger partial charge in [0.2, 0.25) is 0 Å². The highest BCUT2D eigenvalue weighted by atomic mass is 19.4. The Kier molecular flexibility index (Phi) is 3.45.